The van der Waals surface area contributed by atoms with Gasteiger partial charge >= 0.3 is 5.97 Å². The fourth-order valence-electron chi connectivity index (χ4n) is 1.82. The van der Waals surface area contributed by atoms with Crippen LogP contribution in [0.3, 0.4) is 0 Å². The molecule has 0 fully saturated rings. The third-order valence-electron chi connectivity index (χ3n) is 2.57. The van der Waals surface area contributed by atoms with Crippen molar-refractivity contribution in [3.63, 3.8) is 0 Å². The van der Waals surface area contributed by atoms with Crippen LogP contribution < -0.4 is 0 Å². The minimum absolute atomic E-state index is 0.0604. The molecular formula is C13H10F2O2. The van der Waals surface area contributed by atoms with E-state index in [1.165, 1.54) is 12.1 Å². The van der Waals surface area contributed by atoms with Crippen LogP contribution in [-0.4, -0.2) is 11.1 Å². The summed E-state index contributed by atoms with van der Waals surface area (Å²) >= 11 is 0. The molecule has 0 aliphatic heterocycles. The second-order valence-electron chi connectivity index (χ2n) is 3.77. The largest absolute Gasteiger partial charge is 0.481 e. The lowest BCUT2D eigenvalue weighted by Gasteiger charge is -2.07. The molecular weight excluding hydrogens is 226 g/mol. The van der Waals surface area contributed by atoms with Gasteiger partial charge in [0.15, 0.2) is 0 Å². The molecule has 0 spiro atoms. The van der Waals surface area contributed by atoms with Gasteiger partial charge < -0.3 is 5.11 Å². The Labute approximate surface area is 96.5 Å². The predicted octanol–water partition coefficient (Wildman–Crippen LogP) is 3.40. The molecule has 2 aromatic rings. The minimum atomic E-state index is -2.56. The molecule has 0 aromatic heterocycles. The Morgan fingerprint density at radius 2 is 2.00 bits per heavy atom. The van der Waals surface area contributed by atoms with Gasteiger partial charge in [0.1, 0.15) is 0 Å². The topological polar surface area (TPSA) is 37.3 Å². The Kier molecular flexibility index (Phi) is 3.04. The van der Waals surface area contributed by atoms with Crippen molar-refractivity contribution in [2.24, 2.45) is 0 Å². The summed E-state index contributed by atoms with van der Waals surface area (Å²) in [6.45, 7) is 0. The fraction of sp³-hybridized carbons (Fsp3) is 0.154. The number of carbonyl (C=O) groups is 1. The summed E-state index contributed by atoms with van der Waals surface area (Å²) in [6, 6.07) is 9.49. The first-order valence-corrected chi connectivity index (χ1v) is 5.09. The van der Waals surface area contributed by atoms with Gasteiger partial charge in [0.2, 0.25) is 0 Å². The molecule has 0 heterocycles. The second kappa shape index (κ2) is 4.49. The van der Waals surface area contributed by atoms with Crippen molar-refractivity contribution in [3.05, 3.63) is 47.5 Å². The molecule has 4 heteroatoms. The van der Waals surface area contributed by atoms with Gasteiger partial charge in [-0.1, -0.05) is 36.4 Å². The lowest BCUT2D eigenvalue weighted by atomic mass is 10.0. The van der Waals surface area contributed by atoms with Gasteiger partial charge in [-0.05, 0) is 16.3 Å². The number of hydrogen-bond donors (Lipinski definition) is 1. The third kappa shape index (κ3) is 2.41. The van der Waals surface area contributed by atoms with Crippen molar-refractivity contribution in [1.82, 2.24) is 0 Å². The van der Waals surface area contributed by atoms with E-state index in [-0.39, 0.29) is 12.0 Å². The van der Waals surface area contributed by atoms with Crippen molar-refractivity contribution >= 4 is 16.7 Å². The number of carboxylic acid groups (broad SMARTS) is 1. The molecule has 88 valence electrons. The highest BCUT2D eigenvalue weighted by molar-refractivity contribution is 5.87. The van der Waals surface area contributed by atoms with E-state index in [1.54, 1.807) is 24.3 Å². The van der Waals surface area contributed by atoms with Crippen LogP contribution in [0, 0.1) is 0 Å². The SMILES string of the molecule is O=C(O)Cc1ccc2cccc(C(F)F)c2c1. The van der Waals surface area contributed by atoms with E-state index in [2.05, 4.69) is 0 Å². The smallest absolute Gasteiger partial charge is 0.307 e. The van der Waals surface area contributed by atoms with E-state index in [9.17, 15) is 13.6 Å². The van der Waals surface area contributed by atoms with E-state index in [0.717, 1.165) is 0 Å². The highest BCUT2D eigenvalue weighted by Gasteiger charge is 2.11. The van der Waals surface area contributed by atoms with Gasteiger partial charge in [0.25, 0.3) is 6.43 Å². The van der Waals surface area contributed by atoms with Gasteiger partial charge in [0.05, 0.1) is 6.42 Å². The minimum Gasteiger partial charge on any atom is -0.481 e. The normalized spacial score (nSPS) is 11.0. The Morgan fingerprint density at radius 1 is 1.24 bits per heavy atom. The summed E-state index contributed by atoms with van der Waals surface area (Å²) in [4.78, 5) is 10.6. The Morgan fingerprint density at radius 3 is 2.65 bits per heavy atom. The van der Waals surface area contributed by atoms with Crippen molar-refractivity contribution in [3.8, 4) is 0 Å². The second-order valence-corrected chi connectivity index (χ2v) is 3.77. The summed E-state index contributed by atoms with van der Waals surface area (Å²) in [5.74, 6) is -0.973. The monoisotopic (exact) mass is 236 g/mol. The average Bonchev–Trinajstić information content (AvgIpc) is 2.27. The maximum atomic E-state index is 12.8. The van der Waals surface area contributed by atoms with E-state index in [0.29, 0.717) is 16.3 Å². The molecule has 0 radical (unpaired) electrons. The molecule has 0 saturated carbocycles. The van der Waals surface area contributed by atoms with Gasteiger partial charge in [-0.2, -0.15) is 0 Å². The van der Waals surface area contributed by atoms with Gasteiger partial charge in [-0.3, -0.25) is 4.79 Å². The zero-order valence-corrected chi connectivity index (χ0v) is 8.86. The predicted molar refractivity (Wildman–Crippen MR) is 60.2 cm³/mol. The Bertz CT molecular complexity index is 564. The van der Waals surface area contributed by atoms with E-state index < -0.39 is 12.4 Å². The third-order valence-corrected chi connectivity index (χ3v) is 2.57. The van der Waals surface area contributed by atoms with Crippen LogP contribution in [0.1, 0.15) is 17.6 Å². The lowest BCUT2D eigenvalue weighted by molar-refractivity contribution is -0.136. The number of benzene rings is 2. The van der Waals surface area contributed by atoms with Gasteiger partial charge in [-0.25, -0.2) is 8.78 Å². The molecule has 2 aromatic carbocycles. The van der Waals surface area contributed by atoms with E-state index in [1.807, 2.05) is 0 Å². The molecule has 17 heavy (non-hydrogen) atoms. The number of fused-ring (bicyclic) bond motifs is 1. The highest BCUT2D eigenvalue weighted by atomic mass is 19.3. The molecule has 0 aliphatic carbocycles. The van der Waals surface area contributed by atoms with Crippen LogP contribution in [0.15, 0.2) is 36.4 Å². The van der Waals surface area contributed by atoms with Crippen molar-refractivity contribution in [2.45, 2.75) is 12.8 Å². The van der Waals surface area contributed by atoms with Crippen LogP contribution in [0.2, 0.25) is 0 Å². The maximum absolute atomic E-state index is 12.8. The van der Waals surface area contributed by atoms with Crippen LogP contribution in [-0.2, 0) is 11.2 Å². The fourth-order valence-corrected chi connectivity index (χ4v) is 1.82. The van der Waals surface area contributed by atoms with E-state index >= 15 is 0 Å². The Hall–Kier alpha value is -1.97. The number of rotatable bonds is 3. The summed E-state index contributed by atoms with van der Waals surface area (Å²) in [5, 5.41) is 9.78. The molecule has 0 unspecified atom stereocenters. The van der Waals surface area contributed by atoms with Crippen LogP contribution in [0.25, 0.3) is 10.8 Å². The standard InChI is InChI=1S/C13H10F2O2/c14-13(15)10-3-1-2-9-5-4-8(6-11(9)10)7-12(16)17/h1-6,13H,7H2,(H,16,17). The number of carboxylic acids is 1. The van der Waals surface area contributed by atoms with Crippen molar-refractivity contribution in [2.75, 3.05) is 0 Å². The van der Waals surface area contributed by atoms with Crippen LogP contribution >= 0.6 is 0 Å². The number of alkyl halides is 2. The molecule has 0 amide bonds. The Balaban J connectivity index is 2.57. The maximum Gasteiger partial charge on any atom is 0.307 e. The highest BCUT2D eigenvalue weighted by Crippen LogP contribution is 2.28. The van der Waals surface area contributed by atoms with Crippen LogP contribution in [0.5, 0.6) is 0 Å². The number of halogens is 2. The zero-order valence-electron chi connectivity index (χ0n) is 8.86. The first kappa shape index (κ1) is 11.5. The first-order valence-electron chi connectivity index (χ1n) is 5.09. The number of hydrogen-bond acceptors (Lipinski definition) is 1. The molecule has 2 nitrogen and oxygen atoms in total. The lowest BCUT2D eigenvalue weighted by Crippen LogP contribution is -2.00. The first-order chi connectivity index (χ1) is 8.08. The molecule has 0 bridgehead atoms. The van der Waals surface area contributed by atoms with Crippen molar-refractivity contribution < 1.29 is 18.7 Å². The summed E-state index contributed by atoms with van der Waals surface area (Å²) < 4.78 is 25.5. The quantitative estimate of drug-likeness (QED) is 0.886. The molecule has 1 N–H and O–H groups in total. The molecule has 0 atom stereocenters. The van der Waals surface area contributed by atoms with Gasteiger partial charge in [0, 0.05) is 5.56 Å². The van der Waals surface area contributed by atoms with Gasteiger partial charge in [-0.15, -0.1) is 0 Å². The van der Waals surface area contributed by atoms with Crippen molar-refractivity contribution in [1.29, 1.82) is 0 Å². The summed E-state index contributed by atoms with van der Waals surface area (Å²) in [7, 11) is 0. The molecule has 0 aliphatic rings. The molecule has 0 saturated heterocycles. The summed E-state index contributed by atoms with van der Waals surface area (Å²) in [5.41, 5.74) is 0.466. The van der Waals surface area contributed by atoms with Crippen LogP contribution in [0.4, 0.5) is 8.78 Å². The number of aliphatic carboxylic acids is 1. The average molecular weight is 236 g/mol. The summed E-state index contributed by atoms with van der Waals surface area (Å²) in [6.07, 6.45) is -2.72. The van der Waals surface area contributed by atoms with E-state index in [4.69, 9.17) is 5.11 Å². The zero-order chi connectivity index (χ0) is 12.4. The molecule has 2 rings (SSSR count).